The first kappa shape index (κ1) is 34.4. The van der Waals surface area contributed by atoms with Crippen LogP contribution in [0.1, 0.15) is 58.4 Å². The summed E-state index contributed by atoms with van der Waals surface area (Å²) in [7, 11) is 3.56. The zero-order chi connectivity index (χ0) is 27.7. The molecule has 0 N–H and O–H groups in total. The third-order valence-corrected chi connectivity index (χ3v) is 7.18. The molecular weight excluding hydrogens is 619 g/mol. The Morgan fingerprint density at radius 2 is 1.64 bits per heavy atom. The second kappa shape index (κ2) is 15.9. The number of carbonyl (C=O) groups excluding carboxylic acids is 1. The van der Waals surface area contributed by atoms with E-state index in [2.05, 4.69) is 44.5 Å². The number of piperidine rings is 1. The standard InChI is InChI=1S/C17H22ClNO2S.C9H21NS2.O.Tc/c1-21-17(20)16-14(11-2-4-12(18)5-3-11)10-13-6-7-15(16)19(13)8-9-22;1-8(2,11)6-10(5)7-9(3,4)12;;/h2-5,13-16,22H,6-10H2,1H3;11-12H,6-7H2,1-5H3;;/q;;;+4/p-3/t13?,14-,15?,16+;;;/m1.../s1/i;;;1+1. The Hall–Kier alpha value is 0.399. The maximum absolute atomic E-state index is 12.5. The van der Waals surface area contributed by atoms with E-state index >= 15 is 0 Å². The fourth-order valence-electron chi connectivity index (χ4n) is 5.63. The number of ether oxygens (including phenoxy) is 1. The summed E-state index contributed by atoms with van der Waals surface area (Å²) in [6.07, 6.45) is 3.20. The summed E-state index contributed by atoms with van der Waals surface area (Å²) in [5.41, 5.74) is 1.19. The molecule has 2 heterocycles. The minimum absolute atomic E-state index is 0.0463. The van der Waals surface area contributed by atoms with Gasteiger partial charge in [-0.05, 0) is 63.6 Å². The Bertz CT molecular complexity index is 789. The van der Waals surface area contributed by atoms with Gasteiger partial charge in [0, 0.05) is 23.0 Å². The first-order valence-electron chi connectivity index (χ1n) is 12.2. The Labute approximate surface area is 250 Å². The summed E-state index contributed by atoms with van der Waals surface area (Å²) < 4.78 is 13.3. The van der Waals surface area contributed by atoms with E-state index in [1.807, 2.05) is 24.3 Å². The normalized spacial score (nSPS) is 23.9. The fourth-order valence-corrected chi connectivity index (χ4v) is 6.41. The van der Waals surface area contributed by atoms with Crippen molar-refractivity contribution in [2.24, 2.45) is 5.92 Å². The Morgan fingerprint density at radius 1 is 1.11 bits per heavy atom. The van der Waals surface area contributed by atoms with Crippen LogP contribution in [0.5, 0.6) is 0 Å². The van der Waals surface area contributed by atoms with Gasteiger partial charge in [0.05, 0.1) is 13.0 Å². The number of hydrogen-bond donors (Lipinski definition) is 0. The van der Waals surface area contributed by atoms with E-state index in [9.17, 15) is 4.79 Å². The van der Waals surface area contributed by atoms with Gasteiger partial charge in [-0.2, -0.15) is 5.75 Å². The van der Waals surface area contributed by atoms with Crippen molar-refractivity contribution >= 4 is 55.5 Å². The van der Waals surface area contributed by atoms with Crippen molar-refractivity contribution in [2.75, 3.05) is 39.5 Å². The van der Waals surface area contributed by atoms with Crippen molar-refractivity contribution in [3.8, 4) is 0 Å². The number of fused-ring (bicyclic) bond motifs is 2. The zero-order valence-electron chi connectivity index (χ0n) is 22.2. The molecule has 10 heteroatoms. The van der Waals surface area contributed by atoms with Gasteiger partial charge in [-0.3, -0.25) is 9.69 Å². The third-order valence-electron chi connectivity index (χ3n) is 6.49. The second-order valence-electron chi connectivity index (χ2n) is 10.9. The van der Waals surface area contributed by atoms with Gasteiger partial charge in [-0.1, -0.05) is 51.4 Å². The van der Waals surface area contributed by atoms with Crippen LogP contribution in [0.3, 0.4) is 0 Å². The quantitative estimate of drug-likeness (QED) is 0.300. The van der Waals surface area contributed by atoms with Gasteiger partial charge in [-0.15, -0.1) is 9.49 Å². The fraction of sp³-hybridized carbons (Fsp3) is 0.731. The molecule has 4 atom stereocenters. The SMILES string of the molecule is CN(CC(C)(C)[S-])CC(C)(C)[S-].COC(=O)[C@@H]1C2CCC(C[C@@H]1c1ccc(Cl)cc1)N2CC[S-].[O]=[99Tc+4]. The monoisotopic (exact) mass is 658 g/mol. The van der Waals surface area contributed by atoms with E-state index in [1.54, 1.807) is 0 Å². The van der Waals surface area contributed by atoms with Gasteiger partial charge in [0.25, 0.3) is 0 Å². The molecule has 2 saturated heterocycles. The summed E-state index contributed by atoms with van der Waals surface area (Å²) in [6.45, 7) is 11.0. The van der Waals surface area contributed by atoms with Crippen LogP contribution in [0.4, 0.5) is 0 Å². The predicted molar refractivity (Wildman–Crippen MR) is 151 cm³/mol. The van der Waals surface area contributed by atoms with Crippen LogP contribution in [0.2, 0.25) is 5.02 Å². The summed E-state index contributed by atoms with van der Waals surface area (Å²) in [5.74, 6) is 0.724. The summed E-state index contributed by atoms with van der Waals surface area (Å²) in [5, 5.41) is 0.727. The van der Waals surface area contributed by atoms with Gasteiger partial charge >= 0.3 is 28.3 Å². The molecule has 0 spiro atoms. The van der Waals surface area contributed by atoms with Crippen molar-refractivity contribution in [1.82, 2.24) is 9.80 Å². The second-order valence-corrected chi connectivity index (χ2v) is 13.9. The van der Waals surface area contributed by atoms with E-state index in [0.29, 0.717) is 11.8 Å². The average molecular weight is 659 g/mol. The van der Waals surface area contributed by atoms with E-state index < -0.39 is 0 Å². The summed E-state index contributed by atoms with van der Waals surface area (Å²) in [6, 6.07) is 8.70. The molecule has 0 saturated carbocycles. The van der Waals surface area contributed by atoms with E-state index in [-0.39, 0.29) is 33.3 Å². The Morgan fingerprint density at radius 3 is 2.08 bits per heavy atom. The summed E-state index contributed by atoms with van der Waals surface area (Å²) in [4.78, 5) is 17.1. The number of rotatable bonds is 8. The Balaban J connectivity index is 0.000000396. The molecule has 0 radical (unpaired) electrons. The number of esters is 1. The molecule has 1 aromatic rings. The van der Waals surface area contributed by atoms with Gasteiger partial charge in [0.15, 0.2) is 0 Å². The molecule has 2 unspecified atom stereocenters. The van der Waals surface area contributed by atoms with Crippen molar-refractivity contribution in [1.29, 1.82) is 0 Å². The number of hydrogen-bond acceptors (Lipinski definition) is 8. The molecule has 1 aromatic carbocycles. The molecule has 2 aliphatic heterocycles. The first-order valence-corrected chi connectivity index (χ1v) is 14.7. The molecule has 2 bridgehead atoms. The predicted octanol–water partition coefficient (Wildman–Crippen LogP) is 4.44. The molecule has 36 heavy (non-hydrogen) atoms. The van der Waals surface area contributed by atoms with Crippen LogP contribution >= 0.6 is 11.6 Å². The van der Waals surface area contributed by atoms with Crippen molar-refractivity contribution in [3.63, 3.8) is 0 Å². The molecule has 0 amide bonds. The molecule has 2 fully saturated rings. The minimum atomic E-state index is -0.105. The molecule has 5 nitrogen and oxygen atoms in total. The van der Waals surface area contributed by atoms with Gasteiger partial charge in [0.2, 0.25) is 0 Å². The number of nitrogens with zero attached hydrogens (tertiary/aromatic N) is 2. The topological polar surface area (TPSA) is 49.9 Å². The van der Waals surface area contributed by atoms with Crippen LogP contribution in [-0.2, 0) is 69.8 Å². The third kappa shape index (κ3) is 11.3. The number of benzene rings is 1. The van der Waals surface area contributed by atoms with Crippen LogP contribution in [-0.4, -0.2) is 76.9 Å². The molecule has 203 valence electrons. The summed E-state index contributed by atoms with van der Waals surface area (Å²) >= 11 is 22.6. The number of halogens is 1. The zero-order valence-corrected chi connectivity index (χ0v) is 27.2. The van der Waals surface area contributed by atoms with Gasteiger partial charge < -0.3 is 47.5 Å². The maximum atomic E-state index is 12.5. The molecule has 0 aliphatic carbocycles. The number of methoxy groups -OCH3 is 1. The van der Waals surface area contributed by atoms with Crippen LogP contribution < -0.4 is 0 Å². The van der Waals surface area contributed by atoms with Crippen LogP contribution in [0.15, 0.2) is 24.3 Å². The molecule has 3 rings (SSSR count). The molecule has 0 aromatic heterocycles. The van der Waals surface area contributed by atoms with E-state index in [0.717, 1.165) is 62.8 Å². The van der Waals surface area contributed by atoms with E-state index in [1.165, 1.54) is 12.7 Å². The number of carbonyl (C=O) groups is 1. The molecular formula is C26H40ClN2O3S3Tc+. The van der Waals surface area contributed by atoms with Crippen molar-refractivity contribution in [2.45, 2.75) is 74.5 Å². The van der Waals surface area contributed by atoms with E-state index in [4.69, 9.17) is 57.7 Å². The van der Waals surface area contributed by atoms with Crippen LogP contribution in [0, 0.1) is 5.92 Å². The van der Waals surface area contributed by atoms with Gasteiger partial charge in [0.1, 0.15) is 0 Å². The molecule has 2 aliphatic rings. The average Bonchev–Trinajstić information content (AvgIpc) is 3.04. The van der Waals surface area contributed by atoms with Crippen LogP contribution in [0.25, 0.3) is 0 Å². The van der Waals surface area contributed by atoms with Crippen molar-refractivity contribution in [3.05, 3.63) is 34.9 Å². The first-order chi connectivity index (χ1) is 16.8. The van der Waals surface area contributed by atoms with Gasteiger partial charge in [-0.25, -0.2) is 0 Å². The Kier molecular flexibility index (Phi) is 15.2. The van der Waals surface area contributed by atoms with Crippen molar-refractivity contribution < 1.29 is 31.9 Å².